The average molecular weight is 263 g/mol. The molecule has 4 amide bonds. The molecule has 0 aromatic carbocycles. The molecule has 3 aliphatic heterocycles. The summed E-state index contributed by atoms with van der Waals surface area (Å²) in [5, 5.41) is 10.7. The van der Waals surface area contributed by atoms with E-state index < -0.39 is 23.8 Å². The van der Waals surface area contributed by atoms with Gasteiger partial charge in [0.05, 0.1) is 17.8 Å². The van der Waals surface area contributed by atoms with Crippen LogP contribution >= 0.6 is 0 Å². The molecule has 2 bridgehead atoms. The van der Waals surface area contributed by atoms with E-state index in [1.54, 1.807) is 0 Å². The monoisotopic (exact) mass is 263 g/mol. The Labute approximate surface area is 107 Å². The third-order valence-electron chi connectivity index (χ3n) is 3.16. The molecule has 0 unspecified atom stereocenters. The second-order valence-corrected chi connectivity index (χ2v) is 4.34. The molecule has 3 aliphatic rings. The van der Waals surface area contributed by atoms with Crippen molar-refractivity contribution in [2.45, 2.75) is 19.3 Å². The fourth-order valence-electron chi connectivity index (χ4n) is 2.37. The summed E-state index contributed by atoms with van der Waals surface area (Å²) in [5.74, 6) is -1.98. The van der Waals surface area contributed by atoms with Crippen LogP contribution in [0.1, 0.15) is 19.3 Å². The standard InChI is InChI=1S/C11H9N3O5/c15-7(1-2-8(16)17)13-4-5-3-6(13)9-10(18)12-11(19)14(5)9/h4H,1-3H2,(H,16,17)(H,12,18,19). The van der Waals surface area contributed by atoms with Crippen LogP contribution in [-0.2, 0) is 14.4 Å². The number of carboxylic acids is 1. The van der Waals surface area contributed by atoms with Crippen molar-refractivity contribution in [3.63, 3.8) is 0 Å². The second-order valence-electron chi connectivity index (χ2n) is 4.34. The first-order chi connectivity index (χ1) is 8.99. The predicted octanol–water partition coefficient (Wildman–Crippen LogP) is -0.298. The Hall–Kier alpha value is -2.64. The maximum Gasteiger partial charge on any atom is 0.333 e. The van der Waals surface area contributed by atoms with Gasteiger partial charge in [-0.2, -0.15) is 0 Å². The van der Waals surface area contributed by atoms with Gasteiger partial charge >= 0.3 is 12.0 Å². The Morgan fingerprint density at radius 3 is 2.74 bits per heavy atom. The van der Waals surface area contributed by atoms with E-state index in [2.05, 4.69) is 5.32 Å². The zero-order valence-electron chi connectivity index (χ0n) is 9.67. The van der Waals surface area contributed by atoms with Crippen molar-refractivity contribution in [2.24, 2.45) is 0 Å². The number of carbonyl (C=O) groups excluding carboxylic acids is 3. The van der Waals surface area contributed by atoms with Gasteiger partial charge in [0.15, 0.2) is 0 Å². The molecule has 0 aromatic rings. The fourth-order valence-corrected chi connectivity index (χ4v) is 2.37. The minimum absolute atomic E-state index is 0.147. The van der Waals surface area contributed by atoms with Crippen LogP contribution in [0.3, 0.4) is 0 Å². The van der Waals surface area contributed by atoms with E-state index in [1.807, 2.05) is 0 Å². The van der Waals surface area contributed by atoms with Gasteiger partial charge in [-0.1, -0.05) is 0 Å². The molecule has 0 atom stereocenters. The molecule has 3 rings (SSSR count). The van der Waals surface area contributed by atoms with Crippen molar-refractivity contribution in [3.05, 3.63) is 23.3 Å². The molecule has 2 N–H and O–H groups in total. The van der Waals surface area contributed by atoms with E-state index in [9.17, 15) is 19.2 Å². The zero-order valence-corrected chi connectivity index (χ0v) is 9.67. The first-order valence-corrected chi connectivity index (χ1v) is 5.62. The molecule has 3 heterocycles. The van der Waals surface area contributed by atoms with Gasteiger partial charge in [-0.25, -0.2) is 4.79 Å². The summed E-state index contributed by atoms with van der Waals surface area (Å²) in [5.41, 5.74) is 1.16. The summed E-state index contributed by atoms with van der Waals surface area (Å²) in [4.78, 5) is 47.9. The summed E-state index contributed by atoms with van der Waals surface area (Å²) < 4.78 is 0. The maximum atomic E-state index is 11.9. The first kappa shape index (κ1) is 11.5. The van der Waals surface area contributed by atoms with Crippen LogP contribution in [0.25, 0.3) is 0 Å². The number of aliphatic carboxylic acids is 1. The summed E-state index contributed by atoms with van der Waals surface area (Å²) in [7, 11) is 0. The number of fused-ring (bicyclic) bond motifs is 4. The lowest BCUT2D eigenvalue weighted by atomic mass is 10.2. The molecule has 0 radical (unpaired) electrons. The van der Waals surface area contributed by atoms with E-state index in [4.69, 9.17) is 5.11 Å². The highest BCUT2D eigenvalue weighted by atomic mass is 16.4. The number of rotatable bonds is 3. The van der Waals surface area contributed by atoms with Crippen LogP contribution in [0.2, 0.25) is 0 Å². The predicted molar refractivity (Wildman–Crippen MR) is 58.8 cm³/mol. The van der Waals surface area contributed by atoms with Crippen LogP contribution in [0.4, 0.5) is 4.79 Å². The first-order valence-electron chi connectivity index (χ1n) is 5.62. The SMILES string of the molecule is O=C(O)CCC(=O)N1C=C2CC1=C1C(=O)NC(=O)N21. The van der Waals surface area contributed by atoms with E-state index in [-0.39, 0.29) is 18.5 Å². The highest BCUT2D eigenvalue weighted by Crippen LogP contribution is 2.42. The van der Waals surface area contributed by atoms with E-state index >= 15 is 0 Å². The third-order valence-corrected chi connectivity index (χ3v) is 3.16. The second kappa shape index (κ2) is 3.67. The highest BCUT2D eigenvalue weighted by Gasteiger charge is 2.48. The lowest BCUT2D eigenvalue weighted by Gasteiger charge is -2.21. The molecule has 0 aliphatic carbocycles. The summed E-state index contributed by atoms with van der Waals surface area (Å²) >= 11 is 0. The number of nitrogens with zero attached hydrogens (tertiary/aromatic N) is 2. The maximum absolute atomic E-state index is 11.9. The molecular weight excluding hydrogens is 254 g/mol. The number of nitrogens with one attached hydrogen (secondary N) is 1. The minimum atomic E-state index is -1.06. The Morgan fingerprint density at radius 2 is 2.05 bits per heavy atom. The van der Waals surface area contributed by atoms with E-state index in [0.717, 1.165) is 0 Å². The Balaban J connectivity index is 1.85. The summed E-state index contributed by atoms with van der Waals surface area (Å²) in [6.07, 6.45) is 1.40. The fraction of sp³-hybridized carbons (Fsp3) is 0.273. The van der Waals surface area contributed by atoms with Crippen LogP contribution in [-0.4, -0.2) is 38.7 Å². The van der Waals surface area contributed by atoms with Crippen molar-refractivity contribution in [2.75, 3.05) is 0 Å². The molecule has 0 aromatic heterocycles. The van der Waals surface area contributed by atoms with Crippen molar-refractivity contribution in [3.8, 4) is 0 Å². The average Bonchev–Trinajstić information content (AvgIpc) is 2.99. The molecule has 1 saturated heterocycles. The van der Waals surface area contributed by atoms with Crippen LogP contribution < -0.4 is 5.32 Å². The minimum Gasteiger partial charge on any atom is -0.481 e. The molecule has 98 valence electrons. The topological polar surface area (TPSA) is 107 Å². The van der Waals surface area contributed by atoms with E-state index in [0.29, 0.717) is 17.8 Å². The summed E-state index contributed by atoms with van der Waals surface area (Å²) in [6, 6.07) is -0.515. The zero-order chi connectivity index (χ0) is 13.7. The van der Waals surface area contributed by atoms with Crippen LogP contribution in [0, 0.1) is 0 Å². The number of urea groups is 1. The highest BCUT2D eigenvalue weighted by molar-refractivity contribution is 6.14. The number of carbonyl (C=O) groups is 4. The number of hydrogen-bond acceptors (Lipinski definition) is 4. The van der Waals surface area contributed by atoms with Crippen LogP contribution in [0.5, 0.6) is 0 Å². The largest absolute Gasteiger partial charge is 0.481 e. The van der Waals surface area contributed by atoms with Crippen molar-refractivity contribution in [1.82, 2.24) is 15.1 Å². The number of amides is 4. The molecular formula is C11H9N3O5. The van der Waals surface area contributed by atoms with Gasteiger partial charge < -0.3 is 5.11 Å². The molecule has 19 heavy (non-hydrogen) atoms. The van der Waals surface area contributed by atoms with Gasteiger partial charge in [0.25, 0.3) is 5.91 Å². The molecule has 1 fully saturated rings. The van der Waals surface area contributed by atoms with Gasteiger partial charge in [-0.3, -0.25) is 29.5 Å². The van der Waals surface area contributed by atoms with Gasteiger partial charge in [0, 0.05) is 19.0 Å². The van der Waals surface area contributed by atoms with Gasteiger partial charge in [-0.15, -0.1) is 0 Å². The summed E-state index contributed by atoms with van der Waals surface area (Å²) in [6.45, 7) is 0. The Kier molecular flexibility index (Phi) is 2.21. The van der Waals surface area contributed by atoms with Gasteiger partial charge in [-0.05, 0) is 0 Å². The van der Waals surface area contributed by atoms with E-state index in [1.165, 1.54) is 16.0 Å². The molecule has 0 saturated carbocycles. The van der Waals surface area contributed by atoms with Gasteiger partial charge in [0.2, 0.25) is 5.91 Å². The number of imide groups is 1. The quantitative estimate of drug-likeness (QED) is 0.680. The van der Waals surface area contributed by atoms with Crippen molar-refractivity contribution in [1.29, 1.82) is 0 Å². The molecule has 0 spiro atoms. The Morgan fingerprint density at radius 1 is 1.32 bits per heavy atom. The number of carboxylic acid groups (broad SMARTS) is 1. The Bertz CT molecular complexity index is 603. The molecule has 8 heteroatoms. The molecule has 8 nitrogen and oxygen atoms in total. The number of hydrogen-bond donors (Lipinski definition) is 2. The third kappa shape index (κ3) is 1.53. The van der Waals surface area contributed by atoms with Crippen molar-refractivity contribution < 1.29 is 24.3 Å². The lowest BCUT2D eigenvalue weighted by molar-refractivity contribution is -0.139. The van der Waals surface area contributed by atoms with Gasteiger partial charge in [0.1, 0.15) is 5.70 Å². The smallest absolute Gasteiger partial charge is 0.333 e. The van der Waals surface area contributed by atoms with Crippen LogP contribution in [0.15, 0.2) is 23.3 Å². The lowest BCUT2D eigenvalue weighted by Crippen LogP contribution is -2.29. The van der Waals surface area contributed by atoms with Crippen molar-refractivity contribution >= 4 is 23.8 Å². The normalized spacial score (nSPS) is 19.9.